The second-order valence-corrected chi connectivity index (χ2v) is 7.09. The van der Waals surface area contributed by atoms with E-state index >= 15 is 0 Å². The monoisotopic (exact) mass is 297 g/mol. The highest BCUT2D eigenvalue weighted by atomic mass is 32.1. The normalized spacial score (nSPS) is 13.0. The third-order valence-electron chi connectivity index (χ3n) is 3.35. The predicted octanol–water partition coefficient (Wildman–Crippen LogP) is 2.79. The first-order valence-corrected chi connectivity index (χ1v) is 8.14. The molecular formula is C15H27N3OS. The Bertz CT molecular complexity index is 429. The second kappa shape index (κ2) is 7.74. The summed E-state index contributed by atoms with van der Waals surface area (Å²) in [5.41, 5.74) is 6.57. The first kappa shape index (κ1) is 17.1. The molecule has 0 aliphatic rings. The van der Waals surface area contributed by atoms with Crippen LogP contribution in [0.5, 0.6) is 0 Å². The van der Waals surface area contributed by atoms with Crippen LogP contribution in [0.4, 0.5) is 0 Å². The van der Waals surface area contributed by atoms with Gasteiger partial charge in [0.05, 0.1) is 5.01 Å². The van der Waals surface area contributed by atoms with Crippen LogP contribution < -0.4 is 5.73 Å². The van der Waals surface area contributed by atoms with E-state index in [-0.39, 0.29) is 11.9 Å². The Hall–Kier alpha value is -0.940. The van der Waals surface area contributed by atoms with Gasteiger partial charge in [0.25, 0.3) is 5.91 Å². The van der Waals surface area contributed by atoms with Crippen molar-refractivity contribution in [3.05, 3.63) is 16.1 Å². The topological polar surface area (TPSA) is 59.2 Å². The molecule has 0 spiro atoms. The first-order chi connectivity index (χ1) is 9.31. The average Bonchev–Trinajstić information content (AvgIpc) is 2.81. The average molecular weight is 297 g/mol. The Morgan fingerprint density at radius 1 is 1.40 bits per heavy atom. The molecule has 0 radical (unpaired) electrons. The van der Waals surface area contributed by atoms with Gasteiger partial charge in [-0.15, -0.1) is 11.3 Å². The van der Waals surface area contributed by atoms with Gasteiger partial charge >= 0.3 is 0 Å². The molecule has 0 saturated carbocycles. The van der Waals surface area contributed by atoms with Gasteiger partial charge in [-0.1, -0.05) is 27.7 Å². The minimum absolute atomic E-state index is 0.00721. The molecule has 1 rings (SSSR count). The van der Waals surface area contributed by atoms with Crippen LogP contribution in [-0.4, -0.2) is 35.4 Å². The zero-order valence-corrected chi connectivity index (χ0v) is 14.0. The van der Waals surface area contributed by atoms with E-state index in [9.17, 15) is 4.79 Å². The Kier molecular flexibility index (Phi) is 6.62. The first-order valence-electron chi connectivity index (χ1n) is 7.26. The molecule has 0 aliphatic carbocycles. The molecule has 1 unspecified atom stereocenters. The van der Waals surface area contributed by atoms with Crippen molar-refractivity contribution in [2.75, 3.05) is 13.6 Å². The number of carbonyl (C=O) groups excluding carboxylic acids is 1. The maximum atomic E-state index is 12.3. The fourth-order valence-corrected chi connectivity index (χ4v) is 2.81. The summed E-state index contributed by atoms with van der Waals surface area (Å²) < 4.78 is 0. The van der Waals surface area contributed by atoms with E-state index in [2.05, 4.69) is 32.7 Å². The van der Waals surface area contributed by atoms with Gasteiger partial charge < -0.3 is 10.6 Å². The van der Waals surface area contributed by atoms with Crippen molar-refractivity contribution in [2.45, 2.75) is 46.6 Å². The quantitative estimate of drug-likeness (QED) is 0.842. The van der Waals surface area contributed by atoms with Crippen LogP contribution >= 0.6 is 11.3 Å². The third-order valence-corrected chi connectivity index (χ3v) is 4.23. The molecule has 4 nitrogen and oxygen atoms in total. The van der Waals surface area contributed by atoms with E-state index in [1.165, 1.54) is 0 Å². The Morgan fingerprint density at radius 3 is 2.60 bits per heavy atom. The summed E-state index contributed by atoms with van der Waals surface area (Å²) in [5, 5.41) is 2.90. The number of hydrogen-bond acceptors (Lipinski definition) is 4. The summed E-state index contributed by atoms with van der Waals surface area (Å²) in [6.07, 6.45) is 1.75. The Labute approximate surface area is 126 Å². The molecule has 1 heterocycles. The Morgan fingerprint density at radius 2 is 2.05 bits per heavy atom. The molecule has 0 bridgehead atoms. The van der Waals surface area contributed by atoms with E-state index in [1.54, 1.807) is 16.2 Å². The molecule has 0 saturated heterocycles. The van der Waals surface area contributed by atoms with Gasteiger partial charge in [-0.05, 0) is 18.3 Å². The van der Waals surface area contributed by atoms with E-state index < -0.39 is 0 Å². The van der Waals surface area contributed by atoms with Crippen LogP contribution in [0, 0.1) is 11.8 Å². The summed E-state index contributed by atoms with van der Waals surface area (Å²) in [6, 6.07) is 0.136. The van der Waals surface area contributed by atoms with Crippen molar-refractivity contribution in [2.24, 2.45) is 17.6 Å². The molecule has 1 amide bonds. The molecule has 1 aromatic heterocycles. The van der Waals surface area contributed by atoms with Crippen molar-refractivity contribution < 1.29 is 4.79 Å². The van der Waals surface area contributed by atoms with E-state index in [0.29, 0.717) is 24.1 Å². The van der Waals surface area contributed by atoms with Crippen LogP contribution in [-0.2, 0) is 6.42 Å². The van der Waals surface area contributed by atoms with Crippen molar-refractivity contribution in [3.63, 3.8) is 0 Å². The smallest absolute Gasteiger partial charge is 0.273 e. The molecule has 0 fully saturated rings. The highest BCUT2D eigenvalue weighted by molar-refractivity contribution is 7.09. The van der Waals surface area contributed by atoms with Crippen LogP contribution in [0.1, 0.15) is 49.6 Å². The van der Waals surface area contributed by atoms with E-state index in [4.69, 9.17) is 5.73 Å². The molecule has 0 aliphatic heterocycles. The predicted molar refractivity (Wildman–Crippen MR) is 85.0 cm³/mol. The van der Waals surface area contributed by atoms with Crippen molar-refractivity contribution in [1.82, 2.24) is 9.88 Å². The lowest BCUT2D eigenvalue weighted by Crippen LogP contribution is -2.34. The molecule has 2 N–H and O–H groups in total. The second-order valence-electron chi connectivity index (χ2n) is 6.15. The van der Waals surface area contributed by atoms with Gasteiger partial charge in [-0.3, -0.25) is 4.79 Å². The SMILES string of the molecule is CC(C)Cc1nc(C(=O)N(C)CCC(N)C(C)C)cs1. The standard InChI is InChI=1S/C15H27N3OS/c1-10(2)8-14-17-13(9-20-14)15(19)18(5)7-6-12(16)11(3)4/h9-12H,6-8,16H2,1-5H3. The van der Waals surface area contributed by atoms with Crippen LogP contribution in [0.2, 0.25) is 0 Å². The number of aromatic nitrogens is 1. The van der Waals surface area contributed by atoms with E-state index in [1.807, 2.05) is 12.4 Å². The zero-order chi connectivity index (χ0) is 15.3. The molecule has 1 atom stereocenters. The lowest BCUT2D eigenvalue weighted by molar-refractivity contribution is 0.0784. The van der Waals surface area contributed by atoms with Crippen molar-refractivity contribution in [1.29, 1.82) is 0 Å². The molecule has 0 aromatic carbocycles. The van der Waals surface area contributed by atoms with Crippen LogP contribution in [0.15, 0.2) is 5.38 Å². The summed E-state index contributed by atoms with van der Waals surface area (Å²) in [4.78, 5) is 18.4. The summed E-state index contributed by atoms with van der Waals surface area (Å²) in [5.74, 6) is 0.994. The molecular weight excluding hydrogens is 270 g/mol. The third kappa shape index (κ3) is 5.21. The lowest BCUT2D eigenvalue weighted by Gasteiger charge is -2.20. The number of hydrogen-bond donors (Lipinski definition) is 1. The number of rotatable bonds is 7. The fourth-order valence-electron chi connectivity index (χ4n) is 1.83. The van der Waals surface area contributed by atoms with Gasteiger partial charge in [0.15, 0.2) is 0 Å². The molecule has 1 aromatic rings. The minimum atomic E-state index is -0.00721. The van der Waals surface area contributed by atoms with Crippen molar-refractivity contribution in [3.8, 4) is 0 Å². The zero-order valence-electron chi connectivity index (χ0n) is 13.2. The summed E-state index contributed by atoms with van der Waals surface area (Å²) >= 11 is 1.57. The number of thiazole rings is 1. The highest BCUT2D eigenvalue weighted by Gasteiger charge is 2.17. The van der Waals surface area contributed by atoms with Crippen LogP contribution in [0.25, 0.3) is 0 Å². The fraction of sp³-hybridized carbons (Fsp3) is 0.733. The highest BCUT2D eigenvalue weighted by Crippen LogP contribution is 2.15. The maximum absolute atomic E-state index is 12.3. The summed E-state index contributed by atoms with van der Waals surface area (Å²) in [6.45, 7) is 9.19. The van der Waals surface area contributed by atoms with Crippen LogP contribution in [0.3, 0.4) is 0 Å². The number of amides is 1. The Balaban J connectivity index is 2.54. The van der Waals surface area contributed by atoms with Gasteiger partial charge in [-0.2, -0.15) is 0 Å². The van der Waals surface area contributed by atoms with Gasteiger partial charge in [0, 0.05) is 31.4 Å². The number of carbonyl (C=O) groups is 1. The van der Waals surface area contributed by atoms with Gasteiger partial charge in [0.1, 0.15) is 5.69 Å². The van der Waals surface area contributed by atoms with Gasteiger partial charge in [-0.25, -0.2) is 4.98 Å². The largest absolute Gasteiger partial charge is 0.340 e. The lowest BCUT2D eigenvalue weighted by atomic mass is 10.0. The number of nitrogens with zero attached hydrogens (tertiary/aromatic N) is 2. The van der Waals surface area contributed by atoms with Crippen molar-refractivity contribution >= 4 is 17.2 Å². The molecule has 5 heteroatoms. The minimum Gasteiger partial charge on any atom is -0.340 e. The van der Waals surface area contributed by atoms with Gasteiger partial charge in [0.2, 0.25) is 0 Å². The van der Waals surface area contributed by atoms with E-state index in [0.717, 1.165) is 17.8 Å². The molecule has 20 heavy (non-hydrogen) atoms. The summed E-state index contributed by atoms with van der Waals surface area (Å²) in [7, 11) is 1.82. The number of nitrogens with two attached hydrogens (primary N) is 1. The maximum Gasteiger partial charge on any atom is 0.273 e. The molecule has 114 valence electrons.